The van der Waals surface area contributed by atoms with Crippen molar-refractivity contribution in [3.63, 3.8) is 0 Å². The van der Waals surface area contributed by atoms with E-state index in [1.807, 2.05) is 122 Å². The predicted octanol–water partition coefficient (Wildman–Crippen LogP) is 9.06. The minimum Gasteiger partial charge on any atom is -0.391 e. The van der Waals surface area contributed by atoms with E-state index in [1.165, 1.54) is 0 Å². The fraction of sp³-hybridized carbons (Fsp3) is 0.415. The number of aliphatic hydroxyl groups excluding tert-OH is 1. The van der Waals surface area contributed by atoms with Crippen molar-refractivity contribution < 1.29 is 9.90 Å². The highest BCUT2D eigenvalue weighted by Crippen LogP contribution is 2.24. The quantitative estimate of drug-likeness (QED) is 0.0764. The van der Waals surface area contributed by atoms with Gasteiger partial charge in [-0.25, -0.2) is 0 Å². The number of carbonyl (C=O) groups is 1. The summed E-state index contributed by atoms with van der Waals surface area (Å²) < 4.78 is 0. The number of benzene rings is 2. The summed E-state index contributed by atoms with van der Waals surface area (Å²) in [6.45, 7) is 22.8. The Morgan fingerprint density at radius 2 is 1.69 bits per heavy atom. The Kier molecular flexibility index (Phi) is 24.5. The Morgan fingerprint density at radius 1 is 1.02 bits per heavy atom. The number of aromatic amines is 1. The van der Waals surface area contributed by atoms with Crippen LogP contribution in [-0.2, 0) is 17.8 Å². The maximum absolute atomic E-state index is 12.4. The standard InChI is InChI=1S/C33H43N5O2.C4H8.2C2H6/c1-5-8-13-25(7-3)22-37(4)31(20-26-14-11-10-12-15-26)32(40)21-28(16-9-6-2)38(24-39)23-27-17-18-30-29(19-27)33(34)36-35-30;1-3-4-2;2*1-2/h5-8,10-15,17-19,24,28,31-32,40H,1-2,9,16,20-23H2,3-4H3,(H3,34,35,36);3-4H,1-2H3;2*1-2H3/b13-8-,25-7+;4-3-;;/t28-,31?,32?;;;/m1.../s1. The number of nitrogen functional groups attached to an aromatic ring is 1. The molecule has 0 aliphatic rings. The second kappa shape index (κ2) is 26.8. The monoisotopic (exact) mass is 657 g/mol. The van der Waals surface area contributed by atoms with Gasteiger partial charge in [0.2, 0.25) is 6.41 Å². The molecule has 1 heterocycles. The molecule has 0 aliphatic carbocycles. The number of amides is 1. The van der Waals surface area contributed by atoms with Gasteiger partial charge in [-0.2, -0.15) is 5.10 Å². The molecule has 3 aromatic rings. The summed E-state index contributed by atoms with van der Waals surface area (Å²) >= 11 is 0. The molecular formula is C41H63N5O2. The maximum Gasteiger partial charge on any atom is 0.210 e. The third kappa shape index (κ3) is 15.6. The molecule has 0 fully saturated rings. The van der Waals surface area contributed by atoms with E-state index in [0.29, 0.717) is 38.2 Å². The Balaban J connectivity index is 0.00000252. The number of nitrogens with two attached hydrogens (primary N) is 1. The summed E-state index contributed by atoms with van der Waals surface area (Å²) in [6.07, 6.45) is 16.5. The molecule has 7 heteroatoms. The zero-order chi connectivity index (χ0) is 36.3. The van der Waals surface area contributed by atoms with Crippen LogP contribution >= 0.6 is 0 Å². The first-order valence-corrected chi connectivity index (χ1v) is 17.3. The van der Waals surface area contributed by atoms with Crippen LogP contribution in [0.5, 0.6) is 0 Å². The van der Waals surface area contributed by atoms with Crippen LogP contribution in [0.15, 0.2) is 110 Å². The van der Waals surface area contributed by atoms with E-state index < -0.39 is 6.10 Å². The molecule has 2 aromatic carbocycles. The highest BCUT2D eigenvalue weighted by atomic mass is 16.3. The van der Waals surface area contributed by atoms with Crippen LogP contribution in [0.25, 0.3) is 10.9 Å². The fourth-order valence-corrected chi connectivity index (χ4v) is 5.09. The molecule has 1 amide bonds. The number of nitrogens with one attached hydrogen (secondary N) is 1. The average molecular weight is 658 g/mol. The number of carbonyl (C=O) groups excluding carboxylic acids is 1. The Bertz CT molecular complexity index is 1370. The van der Waals surface area contributed by atoms with Gasteiger partial charge in [-0.3, -0.25) is 14.8 Å². The third-order valence-electron chi connectivity index (χ3n) is 7.72. The SMILES string of the molecule is C/C=C\C.C=C/C=C\C(=C/C)CN(C)C(Cc1ccccc1)C(O)C[C@@H](CCC=C)N(C=O)Cc1ccc2[nH]nc(N)c2c1.CC.CC. The topological polar surface area (TPSA) is 98.5 Å². The van der Waals surface area contributed by atoms with Crippen LogP contribution in [0, 0.1) is 0 Å². The number of aromatic nitrogens is 2. The lowest BCUT2D eigenvalue weighted by molar-refractivity contribution is -0.121. The number of anilines is 1. The average Bonchev–Trinajstić information content (AvgIpc) is 3.51. The van der Waals surface area contributed by atoms with Crippen molar-refractivity contribution in [2.45, 2.75) is 98.9 Å². The second-order valence-electron chi connectivity index (χ2n) is 10.9. The lowest BCUT2D eigenvalue weighted by atomic mass is 9.92. The van der Waals surface area contributed by atoms with Crippen LogP contribution in [0.3, 0.4) is 0 Å². The molecule has 0 radical (unpaired) electrons. The Hall–Kier alpha value is -4.20. The molecule has 264 valence electrons. The minimum atomic E-state index is -0.670. The molecule has 0 spiro atoms. The molecule has 3 rings (SSSR count). The molecule has 2 unspecified atom stereocenters. The summed E-state index contributed by atoms with van der Waals surface area (Å²) in [6, 6.07) is 15.8. The largest absolute Gasteiger partial charge is 0.391 e. The first-order chi connectivity index (χ1) is 23.3. The van der Waals surface area contributed by atoms with E-state index in [9.17, 15) is 9.90 Å². The van der Waals surface area contributed by atoms with Crippen LogP contribution < -0.4 is 5.73 Å². The molecule has 0 saturated heterocycles. The van der Waals surface area contributed by atoms with Gasteiger partial charge in [0.05, 0.1) is 11.6 Å². The molecule has 48 heavy (non-hydrogen) atoms. The third-order valence-corrected chi connectivity index (χ3v) is 7.72. The van der Waals surface area contributed by atoms with Crippen LogP contribution in [0.1, 0.15) is 78.9 Å². The molecular weight excluding hydrogens is 594 g/mol. The molecule has 0 saturated carbocycles. The molecule has 0 bridgehead atoms. The summed E-state index contributed by atoms with van der Waals surface area (Å²) in [7, 11) is 2.04. The first-order valence-electron chi connectivity index (χ1n) is 17.3. The molecule has 1 aromatic heterocycles. The fourth-order valence-electron chi connectivity index (χ4n) is 5.09. The van der Waals surface area contributed by atoms with E-state index in [4.69, 9.17) is 5.73 Å². The van der Waals surface area contributed by atoms with Gasteiger partial charge in [-0.05, 0) is 82.3 Å². The number of allylic oxidation sites excluding steroid dienone is 6. The van der Waals surface area contributed by atoms with Crippen molar-refractivity contribution in [3.8, 4) is 0 Å². The van der Waals surface area contributed by atoms with Crippen LogP contribution in [-0.4, -0.2) is 63.3 Å². The number of aliphatic hydroxyl groups is 1. The summed E-state index contributed by atoms with van der Waals surface area (Å²) in [4.78, 5) is 16.4. The number of rotatable bonds is 17. The van der Waals surface area contributed by atoms with Crippen molar-refractivity contribution in [1.29, 1.82) is 0 Å². The maximum atomic E-state index is 12.4. The van der Waals surface area contributed by atoms with Crippen molar-refractivity contribution in [2.75, 3.05) is 19.3 Å². The van der Waals surface area contributed by atoms with Gasteiger partial charge < -0.3 is 15.7 Å². The van der Waals surface area contributed by atoms with E-state index in [-0.39, 0.29) is 12.1 Å². The van der Waals surface area contributed by atoms with Gasteiger partial charge in [0.15, 0.2) is 5.82 Å². The van der Waals surface area contributed by atoms with E-state index >= 15 is 0 Å². The lowest BCUT2D eigenvalue weighted by Gasteiger charge is -2.36. The van der Waals surface area contributed by atoms with Crippen molar-refractivity contribution >= 4 is 23.1 Å². The highest BCUT2D eigenvalue weighted by molar-refractivity contribution is 5.89. The Labute approximate surface area is 291 Å². The number of fused-ring (bicyclic) bond motifs is 1. The first kappa shape index (κ1) is 43.8. The van der Waals surface area contributed by atoms with Gasteiger partial charge in [-0.15, -0.1) is 6.58 Å². The molecule has 0 aliphatic heterocycles. The normalized spacial score (nSPS) is 13.0. The van der Waals surface area contributed by atoms with Crippen molar-refractivity contribution in [2.24, 2.45) is 0 Å². The van der Waals surface area contributed by atoms with E-state index in [1.54, 1.807) is 11.0 Å². The number of hydrogen-bond donors (Lipinski definition) is 3. The highest BCUT2D eigenvalue weighted by Gasteiger charge is 2.29. The van der Waals surface area contributed by atoms with Gasteiger partial charge in [0.25, 0.3) is 0 Å². The lowest BCUT2D eigenvalue weighted by Crippen LogP contribution is -2.47. The van der Waals surface area contributed by atoms with Gasteiger partial charge in [-0.1, -0.05) is 113 Å². The second-order valence-corrected chi connectivity index (χ2v) is 10.9. The summed E-state index contributed by atoms with van der Waals surface area (Å²) in [5.41, 5.74) is 10.1. The molecule has 4 N–H and O–H groups in total. The van der Waals surface area contributed by atoms with Crippen LogP contribution in [0.4, 0.5) is 5.82 Å². The van der Waals surface area contributed by atoms with Crippen molar-refractivity contribution in [3.05, 3.63) is 121 Å². The minimum absolute atomic E-state index is 0.156. The predicted molar refractivity (Wildman–Crippen MR) is 209 cm³/mol. The van der Waals surface area contributed by atoms with Gasteiger partial charge >= 0.3 is 0 Å². The number of nitrogens with zero attached hydrogens (tertiary/aromatic N) is 3. The smallest absolute Gasteiger partial charge is 0.210 e. The number of H-pyrrole nitrogens is 1. The summed E-state index contributed by atoms with van der Waals surface area (Å²) in [5, 5.41) is 19.6. The molecule has 7 nitrogen and oxygen atoms in total. The molecule has 3 atom stereocenters. The Morgan fingerprint density at radius 3 is 2.25 bits per heavy atom. The van der Waals surface area contributed by atoms with Crippen LogP contribution in [0.2, 0.25) is 0 Å². The van der Waals surface area contributed by atoms with E-state index in [0.717, 1.165) is 40.4 Å². The summed E-state index contributed by atoms with van der Waals surface area (Å²) in [5.74, 6) is 0.434. The number of hydrogen-bond acceptors (Lipinski definition) is 5. The number of likely N-dealkylation sites (N-methyl/N-ethyl adjacent to an activating group) is 1. The zero-order valence-corrected chi connectivity index (χ0v) is 30.9. The van der Waals surface area contributed by atoms with E-state index in [2.05, 4.69) is 46.5 Å². The van der Waals surface area contributed by atoms with Gasteiger partial charge in [0, 0.05) is 30.6 Å². The zero-order valence-electron chi connectivity index (χ0n) is 30.9. The van der Waals surface area contributed by atoms with Gasteiger partial charge in [0.1, 0.15) is 0 Å². The van der Waals surface area contributed by atoms with Crippen molar-refractivity contribution in [1.82, 2.24) is 20.0 Å².